The fourth-order valence-electron chi connectivity index (χ4n) is 3.27. The highest BCUT2D eigenvalue weighted by atomic mass is 32.1. The van der Waals surface area contributed by atoms with Gasteiger partial charge in [0.05, 0.1) is 5.69 Å². The topological polar surface area (TPSA) is 113 Å². The Kier molecular flexibility index (Phi) is 5.77. The van der Waals surface area contributed by atoms with Crippen LogP contribution in [0.2, 0.25) is 0 Å². The summed E-state index contributed by atoms with van der Waals surface area (Å²) in [4.78, 5) is 26.9. The maximum atomic E-state index is 4.68. The van der Waals surface area contributed by atoms with Gasteiger partial charge in [0.2, 0.25) is 5.95 Å². The molecule has 0 amide bonds. The molecular formula is C22H21N9S. The predicted octanol–water partition coefficient (Wildman–Crippen LogP) is 3.96. The van der Waals surface area contributed by atoms with Gasteiger partial charge in [-0.1, -0.05) is 12.1 Å². The number of hydrogen-bond acceptors (Lipinski definition) is 10. The largest absolute Gasteiger partial charge is 0.325 e. The van der Waals surface area contributed by atoms with Crippen LogP contribution in [-0.4, -0.2) is 43.0 Å². The number of rotatable bonds is 6. The molecular weight excluding hydrogens is 422 g/mol. The molecule has 9 nitrogen and oxygen atoms in total. The van der Waals surface area contributed by atoms with E-state index < -0.39 is 0 Å². The van der Waals surface area contributed by atoms with E-state index in [4.69, 9.17) is 0 Å². The molecule has 3 N–H and O–H groups in total. The molecule has 32 heavy (non-hydrogen) atoms. The van der Waals surface area contributed by atoms with Gasteiger partial charge in [-0.3, -0.25) is 5.32 Å². The first kappa shape index (κ1) is 20.2. The van der Waals surface area contributed by atoms with Gasteiger partial charge in [0.25, 0.3) is 0 Å². The Labute approximate surface area is 189 Å². The number of hydrogen-bond donors (Lipinski definition) is 3. The Morgan fingerprint density at radius 2 is 1.78 bits per heavy atom. The Balaban J connectivity index is 1.30. The third-order valence-electron chi connectivity index (χ3n) is 4.80. The third kappa shape index (κ3) is 4.76. The molecule has 0 saturated heterocycles. The molecule has 0 bridgehead atoms. The predicted molar refractivity (Wildman–Crippen MR) is 126 cm³/mol. The number of anilines is 4. The lowest BCUT2D eigenvalue weighted by atomic mass is 10.1. The summed E-state index contributed by atoms with van der Waals surface area (Å²) in [5.74, 6) is 2.25. The maximum absolute atomic E-state index is 4.68. The highest BCUT2D eigenvalue weighted by Crippen LogP contribution is 2.26. The van der Waals surface area contributed by atoms with E-state index in [0.29, 0.717) is 23.4 Å². The van der Waals surface area contributed by atoms with Gasteiger partial charge < -0.3 is 10.6 Å². The summed E-state index contributed by atoms with van der Waals surface area (Å²) in [6.07, 6.45) is 6.55. The van der Waals surface area contributed by atoms with Crippen LogP contribution in [0.25, 0.3) is 17.1 Å². The number of aromatic nitrogens is 6. The molecule has 5 rings (SSSR count). The van der Waals surface area contributed by atoms with Crippen LogP contribution in [0.15, 0.2) is 54.2 Å². The van der Waals surface area contributed by atoms with Crippen LogP contribution < -0.4 is 16.0 Å². The van der Waals surface area contributed by atoms with Gasteiger partial charge >= 0.3 is 0 Å². The summed E-state index contributed by atoms with van der Waals surface area (Å²) in [5.41, 5.74) is 3.92. The summed E-state index contributed by atoms with van der Waals surface area (Å²) in [6, 6.07) is 9.34. The molecule has 0 radical (unpaired) electrons. The lowest BCUT2D eigenvalue weighted by Crippen LogP contribution is -2.20. The summed E-state index contributed by atoms with van der Waals surface area (Å²) in [5, 5.41) is 12.5. The van der Waals surface area contributed by atoms with Crippen molar-refractivity contribution in [3.8, 4) is 11.5 Å². The lowest BCUT2D eigenvalue weighted by molar-refractivity contribution is 0.737. The summed E-state index contributed by atoms with van der Waals surface area (Å²) in [6.45, 7) is 3.81. The summed E-state index contributed by atoms with van der Waals surface area (Å²) < 4.78 is 0. The molecule has 4 aromatic rings. The number of nitrogens with one attached hydrogen (secondary N) is 3. The Morgan fingerprint density at radius 1 is 0.906 bits per heavy atom. The van der Waals surface area contributed by atoms with Crippen molar-refractivity contribution in [3.05, 3.63) is 65.6 Å². The van der Waals surface area contributed by atoms with E-state index in [0.717, 1.165) is 41.7 Å². The molecule has 0 unspecified atom stereocenters. The van der Waals surface area contributed by atoms with Crippen LogP contribution in [-0.2, 0) is 0 Å². The standard InChI is InChI=1S/C22H21N9S/c1-14-3-2-4-16(26-14)20-24-11-7-18(29-20)28-19-8-12-25-21(30-19)31-22-27-17(13-32-22)15-5-9-23-10-6-15/h2-5,7-8,11-13,23H,6,9-10H2,1H3,(H2,24,25,27,28,29,30,31). The van der Waals surface area contributed by atoms with Gasteiger partial charge in [-0.25, -0.2) is 24.9 Å². The number of pyridine rings is 1. The summed E-state index contributed by atoms with van der Waals surface area (Å²) in [7, 11) is 0. The van der Waals surface area contributed by atoms with Crippen LogP contribution in [0.3, 0.4) is 0 Å². The first-order valence-corrected chi connectivity index (χ1v) is 11.1. The Bertz CT molecular complexity index is 1270. The molecule has 0 spiro atoms. The van der Waals surface area contributed by atoms with E-state index in [9.17, 15) is 0 Å². The van der Waals surface area contributed by atoms with Crippen molar-refractivity contribution in [2.24, 2.45) is 0 Å². The number of aryl methyl sites for hydroxylation is 1. The van der Waals surface area contributed by atoms with Crippen molar-refractivity contribution in [1.82, 2.24) is 35.2 Å². The second-order valence-electron chi connectivity index (χ2n) is 7.17. The van der Waals surface area contributed by atoms with Crippen molar-refractivity contribution in [2.45, 2.75) is 13.3 Å². The molecule has 160 valence electrons. The highest BCUT2D eigenvalue weighted by Gasteiger charge is 2.11. The number of thiazole rings is 1. The zero-order valence-electron chi connectivity index (χ0n) is 17.4. The molecule has 10 heteroatoms. The maximum Gasteiger partial charge on any atom is 0.230 e. The molecule has 0 atom stereocenters. The minimum atomic E-state index is 0.463. The van der Waals surface area contributed by atoms with Crippen molar-refractivity contribution in [1.29, 1.82) is 0 Å². The quantitative estimate of drug-likeness (QED) is 0.407. The van der Waals surface area contributed by atoms with E-state index in [1.807, 2.05) is 25.1 Å². The van der Waals surface area contributed by atoms with Gasteiger partial charge in [-0.2, -0.15) is 4.98 Å². The van der Waals surface area contributed by atoms with E-state index in [-0.39, 0.29) is 0 Å². The fraction of sp³-hybridized carbons (Fsp3) is 0.182. The molecule has 5 heterocycles. The highest BCUT2D eigenvalue weighted by molar-refractivity contribution is 7.13. The first-order valence-electron chi connectivity index (χ1n) is 10.2. The second kappa shape index (κ2) is 9.16. The van der Waals surface area contributed by atoms with E-state index in [2.05, 4.69) is 57.3 Å². The van der Waals surface area contributed by atoms with Gasteiger partial charge in [-0.05, 0) is 49.7 Å². The molecule has 0 fully saturated rings. The van der Waals surface area contributed by atoms with Crippen LogP contribution in [0.1, 0.15) is 17.8 Å². The van der Waals surface area contributed by atoms with Crippen LogP contribution in [0.4, 0.5) is 22.7 Å². The van der Waals surface area contributed by atoms with Crippen LogP contribution in [0.5, 0.6) is 0 Å². The Morgan fingerprint density at radius 3 is 2.62 bits per heavy atom. The van der Waals surface area contributed by atoms with E-state index in [1.165, 1.54) is 16.9 Å². The average molecular weight is 444 g/mol. The monoisotopic (exact) mass is 443 g/mol. The van der Waals surface area contributed by atoms with Crippen molar-refractivity contribution < 1.29 is 0 Å². The normalized spacial score (nSPS) is 13.5. The molecule has 1 aliphatic heterocycles. The van der Waals surface area contributed by atoms with Crippen LogP contribution in [0, 0.1) is 6.92 Å². The van der Waals surface area contributed by atoms with E-state index >= 15 is 0 Å². The minimum absolute atomic E-state index is 0.463. The fourth-order valence-corrected chi connectivity index (χ4v) is 4.00. The third-order valence-corrected chi connectivity index (χ3v) is 5.56. The molecule has 4 aromatic heterocycles. The van der Waals surface area contributed by atoms with Crippen molar-refractivity contribution in [3.63, 3.8) is 0 Å². The Hall–Kier alpha value is -3.76. The van der Waals surface area contributed by atoms with Gasteiger partial charge in [0.15, 0.2) is 11.0 Å². The molecule has 0 saturated carbocycles. The first-order chi connectivity index (χ1) is 15.7. The van der Waals surface area contributed by atoms with Gasteiger partial charge in [0.1, 0.15) is 17.3 Å². The molecule has 0 aliphatic carbocycles. The SMILES string of the molecule is Cc1cccc(-c2nccc(Nc3ccnc(Nc4nc(C5=CCNCC5)cs4)n3)n2)n1. The molecule has 0 aromatic carbocycles. The number of nitrogens with zero attached hydrogens (tertiary/aromatic N) is 6. The smallest absolute Gasteiger partial charge is 0.230 e. The zero-order chi connectivity index (χ0) is 21.8. The van der Waals surface area contributed by atoms with E-state index in [1.54, 1.807) is 24.5 Å². The van der Waals surface area contributed by atoms with Crippen LogP contribution >= 0.6 is 11.3 Å². The van der Waals surface area contributed by atoms with Gasteiger partial charge in [0, 0.05) is 30.0 Å². The lowest BCUT2D eigenvalue weighted by Gasteiger charge is -2.11. The van der Waals surface area contributed by atoms with Gasteiger partial charge in [-0.15, -0.1) is 11.3 Å². The van der Waals surface area contributed by atoms with Crippen molar-refractivity contribution in [2.75, 3.05) is 23.7 Å². The van der Waals surface area contributed by atoms with Crippen molar-refractivity contribution >= 4 is 39.6 Å². The summed E-state index contributed by atoms with van der Waals surface area (Å²) >= 11 is 1.54. The molecule has 1 aliphatic rings. The zero-order valence-corrected chi connectivity index (χ0v) is 18.2. The second-order valence-corrected chi connectivity index (χ2v) is 8.02. The minimum Gasteiger partial charge on any atom is -0.325 e. The average Bonchev–Trinajstić information content (AvgIpc) is 3.29.